The quantitative estimate of drug-likeness (QED) is 0.692. The van der Waals surface area contributed by atoms with Crippen molar-refractivity contribution in [2.45, 2.75) is 79.1 Å². The molecule has 0 radical (unpaired) electrons. The van der Waals surface area contributed by atoms with Crippen molar-refractivity contribution in [2.24, 2.45) is 22.7 Å². The van der Waals surface area contributed by atoms with Crippen LogP contribution in [0, 0.1) is 22.7 Å². The van der Waals surface area contributed by atoms with Gasteiger partial charge < -0.3 is 19.9 Å². The number of aliphatic hydroxyl groups is 1. The molecule has 2 N–H and O–H groups in total. The summed E-state index contributed by atoms with van der Waals surface area (Å²) in [6.45, 7) is 11.6. The van der Waals surface area contributed by atoms with Gasteiger partial charge in [-0.1, -0.05) is 34.6 Å². The number of cyclic esters (lactones) is 1. The van der Waals surface area contributed by atoms with Gasteiger partial charge in [-0.2, -0.15) is 0 Å². The average molecular weight is 408 g/mol. The van der Waals surface area contributed by atoms with Crippen molar-refractivity contribution in [1.29, 1.82) is 0 Å². The molecule has 0 aromatic rings. The van der Waals surface area contributed by atoms with Crippen LogP contribution in [0.3, 0.4) is 0 Å². The van der Waals surface area contributed by atoms with Crippen LogP contribution in [0.4, 0.5) is 0 Å². The molecule has 0 aromatic heterocycles. The highest BCUT2D eigenvalue weighted by molar-refractivity contribution is 5.93. The lowest BCUT2D eigenvalue weighted by Crippen LogP contribution is -2.57. The van der Waals surface area contributed by atoms with Gasteiger partial charge in [0.05, 0.1) is 11.7 Å². The van der Waals surface area contributed by atoms with E-state index in [9.17, 15) is 19.5 Å². The number of carbonyl (C=O) groups excluding carboxylic acids is 3. The first-order chi connectivity index (χ1) is 13.4. The van der Waals surface area contributed by atoms with Crippen molar-refractivity contribution in [3.05, 3.63) is 11.1 Å². The summed E-state index contributed by atoms with van der Waals surface area (Å²) < 4.78 is 11.3. The molecule has 1 amide bonds. The van der Waals surface area contributed by atoms with E-state index in [1.54, 1.807) is 0 Å². The van der Waals surface area contributed by atoms with Crippen molar-refractivity contribution in [3.8, 4) is 0 Å². The summed E-state index contributed by atoms with van der Waals surface area (Å²) >= 11 is 0. The molecule has 0 spiro atoms. The second-order valence-corrected chi connectivity index (χ2v) is 9.93. The SMILES string of the molecule is CC(=O)N[C@H](C(=O)O[C@H]1CCC(C)(C)[C@@H]2C[C@@H](O)C3=C(COC3=O)[C@@]12C)C(C)C. The number of fused-ring (bicyclic) bond motifs is 2. The minimum atomic E-state index is -0.852. The third-order valence-corrected chi connectivity index (χ3v) is 7.26. The Labute approximate surface area is 172 Å². The smallest absolute Gasteiger partial charge is 0.337 e. The number of esters is 2. The maximum Gasteiger partial charge on any atom is 0.337 e. The molecule has 0 saturated heterocycles. The van der Waals surface area contributed by atoms with Crippen LogP contribution < -0.4 is 5.32 Å². The van der Waals surface area contributed by atoms with E-state index in [0.717, 1.165) is 12.0 Å². The Morgan fingerprint density at radius 3 is 2.52 bits per heavy atom. The molecule has 1 saturated carbocycles. The number of aliphatic hydroxyl groups excluding tert-OH is 1. The van der Waals surface area contributed by atoms with Crippen molar-refractivity contribution < 1.29 is 29.0 Å². The number of nitrogens with one attached hydrogen (secondary N) is 1. The summed E-state index contributed by atoms with van der Waals surface area (Å²) in [6.07, 6.45) is 0.620. The van der Waals surface area contributed by atoms with Gasteiger partial charge in [-0.05, 0) is 42.1 Å². The lowest BCUT2D eigenvalue weighted by molar-refractivity contribution is -0.173. The fourth-order valence-corrected chi connectivity index (χ4v) is 5.63. The Morgan fingerprint density at radius 1 is 1.28 bits per heavy atom. The van der Waals surface area contributed by atoms with E-state index in [2.05, 4.69) is 19.2 Å². The van der Waals surface area contributed by atoms with Crippen LogP contribution in [-0.2, 0) is 23.9 Å². The van der Waals surface area contributed by atoms with Gasteiger partial charge in [-0.25, -0.2) is 9.59 Å². The Morgan fingerprint density at radius 2 is 1.93 bits per heavy atom. The zero-order chi connectivity index (χ0) is 21.7. The molecule has 1 heterocycles. The van der Waals surface area contributed by atoms with Gasteiger partial charge in [0.25, 0.3) is 0 Å². The molecule has 0 unspecified atom stereocenters. The molecule has 2 aliphatic carbocycles. The average Bonchev–Trinajstić information content (AvgIpc) is 3.01. The molecular formula is C22H33NO6. The first-order valence-electron chi connectivity index (χ1n) is 10.5. The van der Waals surface area contributed by atoms with E-state index < -0.39 is 35.6 Å². The van der Waals surface area contributed by atoms with E-state index in [-0.39, 0.29) is 29.8 Å². The zero-order valence-electron chi connectivity index (χ0n) is 18.2. The Balaban J connectivity index is 1.97. The fourth-order valence-electron chi connectivity index (χ4n) is 5.63. The largest absolute Gasteiger partial charge is 0.460 e. The lowest BCUT2D eigenvalue weighted by Gasteiger charge is -2.57. The maximum absolute atomic E-state index is 13.0. The Bertz CT molecular complexity index is 754. The predicted molar refractivity (Wildman–Crippen MR) is 106 cm³/mol. The van der Waals surface area contributed by atoms with Crippen molar-refractivity contribution >= 4 is 17.8 Å². The first kappa shape index (κ1) is 21.8. The highest BCUT2D eigenvalue weighted by Crippen LogP contribution is 2.61. The molecule has 29 heavy (non-hydrogen) atoms. The van der Waals surface area contributed by atoms with E-state index in [1.807, 2.05) is 20.8 Å². The number of amides is 1. The molecule has 0 aromatic carbocycles. The number of hydrogen-bond donors (Lipinski definition) is 2. The topological polar surface area (TPSA) is 102 Å². The van der Waals surface area contributed by atoms with Crippen LogP contribution in [-0.4, -0.2) is 47.8 Å². The molecule has 1 aliphatic heterocycles. The summed E-state index contributed by atoms with van der Waals surface area (Å²) in [5, 5.41) is 13.3. The van der Waals surface area contributed by atoms with Gasteiger partial charge in [-0.15, -0.1) is 0 Å². The Kier molecular flexibility index (Phi) is 5.58. The van der Waals surface area contributed by atoms with E-state index in [4.69, 9.17) is 9.47 Å². The molecule has 0 bridgehead atoms. The number of hydrogen-bond acceptors (Lipinski definition) is 6. The first-order valence-corrected chi connectivity index (χ1v) is 10.5. The second-order valence-electron chi connectivity index (χ2n) is 9.93. The summed E-state index contributed by atoms with van der Waals surface area (Å²) in [7, 11) is 0. The monoisotopic (exact) mass is 407 g/mol. The third kappa shape index (κ3) is 3.58. The van der Waals surface area contributed by atoms with Gasteiger partial charge >= 0.3 is 11.9 Å². The van der Waals surface area contributed by atoms with Gasteiger partial charge in [0.1, 0.15) is 18.8 Å². The van der Waals surface area contributed by atoms with Gasteiger partial charge in [0.2, 0.25) is 5.91 Å². The second kappa shape index (κ2) is 7.42. The molecule has 5 atom stereocenters. The van der Waals surface area contributed by atoms with Crippen LogP contribution in [0.2, 0.25) is 0 Å². The zero-order valence-corrected chi connectivity index (χ0v) is 18.2. The summed E-state index contributed by atoms with van der Waals surface area (Å²) in [5.41, 5.74) is 0.413. The van der Waals surface area contributed by atoms with Crippen molar-refractivity contribution in [2.75, 3.05) is 6.61 Å². The summed E-state index contributed by atoms with van der Waals surface area (Å²) in [5.74, 6) is -1.30. The number of ether oxygens (including phenoxy) is 2. The van der Waals surface area contributed by atoms with Crippen LogP contribution >= 0.6 is 0 Å². The molecule has 162 valence electrons. The Hall–Kier alpha value is -1.89. The molecule has 7 nitrogen and oxygen atoms in total. The highest BCUT2D eigenvalue weighted by Gasteiger charge is 2.61. The van der Waals surface area contributed by atoms with E-state index in [1.165, 1.54) is 6.92 Å². The van der Waals surface area contributed by atoms with E-state index in [0.29, 0.717) is 18.4 Å². The molecule has 3 aliphatic rings. The normalized spacial score (nSPS) is 34.2. The highest BCUT2D eigenvalue weighted by atomic mass is 16.6. The third-order valence-electron chi connectivity index (χ3n) is 7.26. The minimum Gasteiger partial charge on any atom is -0.460 e. The van der Waals surface area contributed by atoms with Crippen LogP contribution in [0.1, 0.15) is 60.8 Å². The standard InChI is InChI=1S/C22H33NO6/c1-11(2)18(23-12(3)24)20(27)29-16-7-8-21(4,5)15-9-14(25)17-13(22(15,16)6)10-28-19(17)26/h11,14-16,18,25H,7-10H2,1-6H3,(H,23,24)/t14-,15+,16+,18+,22-/m1/s1. The van der Waals surface area contributed by atoms with Crippen molar-refractivity contribution in [1.82, 2.24) is 5.32 Å². The molecule has 1 fully saturated rings. The maximum atomic E-state index is 13.0. The van der Waals surface area contributed by atoms with Crippen LogP contribution in [0.5, 0.6) is 0 Å². The molecular weight excluding hydrogens is 374 g/mol. The van der Waals surface area contributed by atoms with Crippen LogP contribution in [0.15, 0.2) is 11.1 Å². The predicted octanol–water partition coefficient (Wildman–Crippen LogP) is 2.12. The fraction of sp³-hybridized carbons (Fsp3) is 0.773. The molecule has 7 heteroatoms. The number of rotatable bonds is 4. The van der Waals surface area contributed by atoms with Gasteiger partial charge in [0, 0.05) is 12.3 Å². The number of carbonyl (C=O) groups is 3. The summed E-state index contributed by atoms with van der Waals surface area (Å²) in [6, 6.07) is -0.728. The van der Waals surface area contributed by atoms with Gasteiger partial charge in [-0.3, -0.25) is 4.79 Å². The van der Waals surface area contributed by atoms with Crippen LogP contribution in [0.25, 0.3) is 0 Å². The van der Waals surface area contributed by atoms with Gasteiger partial charge in [0.15, 0.2) is 0 Å². The minimum absolute atomic E-state index is 0.0306. The lowest BCUT2D eigenvalue weighted by atomic mass is 9.49. The van der Waals surface area contributed by atoms with E-state index >= 15 is 0 Å². The summed E-state index contributed by atoms with van der Waals surface area (Å²) in [4.78, 5) is 36.8. The molecule has 3 rings (SSSR count). The van der Waals surface area contributed by atoms with Crippen molar-refractivity contribution in [3.63, 3.8) is 0 Å².